The van der Waals surface area contributed by atoms with Crippen LogP contribution in [0.3, 0.4) is 0 Å². The van der Waals surface area contributed by atoms with Gasteiger partial charge in [-0.2, -0.15) is 0 Å². The highest BCUT2D eigenvalue weighted by molar-refractivity contribution is 7.80. The molecular weight excluding hydrogens is 196 g/mol. The number of nitrogens with zero attached hydrogens (tertiary/aromatic N) is 1. The third-order valence-corrected chi connectivity index (χ3v) is 2.67. The van der Waals surface area contributed by atoms with Gasteiger partial charge in [-0.15, -0.1) is 0 Å². The van der Waals surface area contributed by atoms with Crippen LogP contribution in [-0.4, -0.2) is 42.7 Å². The lowest BCUT2D eigenvalue weighted by Crippen LogP contribution is -2.27. The summed E-state index contributed by atoms with van der Waals surface area (Å²) in [6.07, 6.45) is 4.36. The molecule has 0 saturated carbocycles. The molecule has 0 bridgehead atoms. The van der Waals surface area contributed by atoms with Crippen molar-refractivity contribution in [3.8, 4) is 0 Å². The predicted molar refractivity (Wildman–Crippen MR) is 62.5 cm³/mol. The van der Waals surface area contributed by atoms with Gasteiger partial charge in [0, 0.05) is 19.7 Å². The van der Waals surface area contributed by atoms with E-state index in [1.165, 1.54) is 13.0 Å². The Kier molecular flexibility index (Phi) is 6.07. The molecule has 1 aliphatic rings. The molecule has 82 valence electrons. The third-order valence-electron chi connectivity index (χ3n) is 2.46. The van der Waals surface area contributed by atoms with E-state index in [4.69, 9.17) is 22.7 Å². The van der Waals surface area contributed by atoms with Gasteiger partial charge in [-0.1, -0.05) is 12.2 Å². The maximum Gasteiger partial charge on any atom is 0.0727 e. The topological polar surface area (TPSA) is 38.5 Å². The van der Waals surface area contributed by atoms with Crippen LogP contribution in [0.4, 0.5) is 0 Å². The van der Waals surface area contributed by atoms with Crippen molar-refractivity contribution >= 4 is 17.2 Å². The zero-order chi connectivity index (χ0) is 10.2. The molecule has 0 atom stereocenters. The van der Waals surface area contributed by atoms with Gasteiger partial charge in [-0.3, -0.25) is 0 Å². The quantitative estimate of drug-likeness (QED) is 0.553. The molecule has 0 aliphatic carbocycles. The van der Waals surface area contributed by atoms with E-state index in [0.29, 0.717) is 4.99 Å². The van der Waals surface area contributed by atoms with Gasteiger partial charge in [0.2, 0.25) is 0 Å². The van der Waals surface area contributed by atoms with Gasteiger partial charge in [0.1, 0.15) is 0 Å². The largest absolute Gasteiger partial charge is 0.393 e. The van der Waals surface area contributed by atoms with Gasteiger partial charge < -0.3 is 15.4 Å². The van der Waals surface area contributed by atoms with Gasteiger partial charge in [0.15, 0.2) is 0 Å². The Morgan fingerprint density at radius 3 is 2.93 bits per heavy atom. The van der Waals surface area contributed by atoms with E-state index in [0.717, 1.165) is 45.6 Å². The lowest BCUT2D eigenvalue weighted by molar-refractivity contribution is 0.141. The van der Waals surface area contributed by atoms with Crippen molar-refractivity contribution in [2.45, 2.75) is 25.7 Å². The molecule has 0 amide bonds. The van der Waals surface area contributed by atoms with E-state index in [1.807, 2.05) is 0 Å². The predicted octanol–water partition coefficient (Wildman–Crippen LogP) is 1.17. The molecule has 0 unspecified atom stereocenters. The number of hydrogen-bond donors (Lipinski definition) is 1. The summed E-state index contributed by atoms with van der Waals surface area (Å²) >= 11 is 4.83. The summed E-state index contributed by atoms with van der Waals surface area (Å²) in [5, 5.41) is 0. The van der Waals surface area contributed by atoms with Crippen LogP contribution in [-0.2, 0) is 4.74 Å². The Hall–Kier alpha value is -0.190. The molecule has 0 aromatic carbocycles. The second kappa shape index (κ2) is 7.15. The average Bonchev–Trinajstić information content (AvgIpc) is 2.40. The Morgan fingerprint density at radius 1 is 1.29 bits per heavy atom. The zero-order valence-electron chi connectivity index (χ0n) is 8.71. The highest BCUT2D eigenvalue weighted by atomic mass is 32.1. The standard InChI is InChI=1S/C10H20N2OS/c11-10(14)4-1-2-5-12-6-3-8-13-9-7-12/h1-9H2,(H2,11,14). The van der Waals surface area contributed by atoms with Crippen LogP contribution in [0.15, 0.2) is 0 Å². The van der Waals surface area contributed by atoms with Crippen molar-refractivity contribution in [3.05, 3.63) is 0 Å². The fraction of sp³-hybridized carbons (Fsp3) is 0.900. The molecule has 3 nitrogen and oxygen atoms in total. The lowest BCUT2D eigenvalue weighted by atomic mass is 10.2. The molecule has 0 aromatic rings. The van der Waals surface area contributed by atoms with Crippen LogP contribution in [0, 0.1) is 0 Å². The summed E-state index contributed by atoms with van der Waals surface area (Å²) in [6.45, 7) is 5.21. The monoisotopic (exact) mass is 216 g/mol. The van der Waals surface area contributed by atoms with Gasteiger partial charge in [0.25, 0.3) is 0 Å². The molecule has 4 heteroatoms. The average molecular weight is 216 g/mol. The van der Waals surface area contributed by atoms with E-state index in [2.05, 4.69) is 4.90 Å². The molecule has 1 aliphatic heterocycles. The van der Waals surface area contributed by atoms with E-state index in [9.17, 15) is 0 Å². The third kappa shape index (κ3) is 5.52. The summed E-state index contributed by atoms with van der Waals surface area (Å²) < 4.78 is 5.39. The fourth-order valence-corrected chi connectivity index (χ4v) is 1.80. The molecular formula is C10H20N2OS. The minimum atomic E-state index is 0.643. The van der Waals surface area contributed by atoms with Crippen molar-refractivity contribution in [2.24, 2.45) is 5.73 Å². The maximum atomic E-state index is 5.43. The Balaban J connectivity index is 2.01. The van der Waals surface area contributed by atoms with Gasteiger partial charge >= 0.3 is 0 Å². The summed E-state index contributed by atoms with van der Waals surface area (Å²) in [5.41, 5.74) is 5.43. The molecule has 2 N–H and O–H groups in total. The minimum Gasteiger partial charge on any atom is -0.393 e. The number of nitrogens with two attached hydrogens (primary N) is 1. The Labute approximate surface area is 91.6 Å². The maximum absolute atomic E-state index is 5.43. The van der Waals surface area contributed by atoms with Crippen molar-refractivity contribution in [2.75, 3.05) is 32.8 Å². The van der Waals surface area contributed by atoms with Gasteiger partial charge in [0.05, 0.1) is 11.6 Å². The number of thiocarbonyl (C=S) groups is 1. The van der Waals surface area contributed by atoms with Crippen LogP contribution in [0.1, 0.15) is 25.7 Å². The van der Waals surface area contributed by atoms with Crippen LogP contribution in [0.5, 0.6) is 0 Å². The minimum absolute atomic E-state index is 0.643. The second-order valence-electron chi connectivity index (χ2n) is 3.73. The first-order valence-electron chi connectivity index (χ1n) is 5.37. The number of ether oxygens (including phenoxy) is 1. The van der Waals surface area contributed by atoms with E-state index < -0.39 is 0 Å². The molecule has 0 radical (unpaired) electrons. The fourth-order valence-electron chi connectivity index (χ4n) is 1.66. The number of unbranched alkanes of at least 4 members (excludes halogenated alkanes) is 1. The van der Waals surface area contributed by atoms with Crippen molar-refractivity contribution in [1.82, 2.24) is 4.90 Å². The first-order chi connectivity index (χ1) is 6.79. The van der Waals surface area contributed by atoms with E-state index >= 15 is 0 Å². The molecule has 0 spiro atoms. The number of rotatable bonds is 5. The normalized spacial score (nSPS) is 19.1. The summed E-state index contributed by atoms with van der Waals surface area (Å²) in [5.74, 6) is 0. The summed E-state index contributed by atoms with van der Waals surface area (Å²) in [4.78, 5) is 3.11. The van der Waals surface area contributed by atoms with Crippen molar-refractivity contribution in [3.63, 3.8) is 0 Å². The highest BCUT2D eigenvalue weighted by Gasteiger charge is 2.07. The lowest BCUT2D eigenvalue weighted by Gasteiger charge is -2.18. The second-order valence-corrected chi connectivity index (χ2v) is 4.26. The van der Waals surface area contributed by atoms with E-state index in [-0.39, 0.29) is 0 Å². The first kappa shape index (κ1) is 11.9. The van der Waals surface area contributed by atoms with Crippen LogP contribution in [0.25, 0.3) is 0 Å². The smallest absolute Gasteiger partial charge is 0.0727 e. The molecule has 1 fully saturated rings. The Morgan fingerprint density at radius 2 is 2.14 bits per heavy atom. The van der Waals surface area contributed by atoms with Gasteiger partial charge in [-0.25, -0.2) is 0 Å². The summed E-state index contributed by atoms with van der Waals surface area (Å²) in [6, 6.07) is 0. The SMILES string of the molecule is NC(=S)CCCCN1CCCOCC1. The highest BCUT2D eigenvalue weighted by Crippen LogP contribution is 2.03. The molecule has 1 saturated heterocycles. The Bertz CT molecular complexity index is 168. The van der Waals surface area contributed by atoms with Crippen LogP contribution < -0.4 is 5.73 Å². The first-order valence-corrected chi connectivity index (χ1v) is 5.78. The molecule has 0 aromatic heterocycles. The van der Waals surface area contributed by atoms with Crippen molar-refractivity contribution < 1.29 is 4.74 Å². The number of hydrogen-bond acceptors (Lipinski definition) is 3. The zero-order valence-corrected chi connectivity index (χ0v) is 9.52. The van der Waals surface area contributed by atoms with Crippen LogP contribution >= 0.6 is 12.2 Å². The molecule has 1 heterocycles. The summed E-state index contributed by atoms with van der Waals surface area (Å²) in [7, 11) is 0. The van der Waals surface area contributed by atoms with Crippen molar-refractivity contribution in [1.29, 1.82) is 0 Å². The van der Waals surface area contributed by atoms with E-state index in [1.54, 1.807) is 0 Å². The van der Waals surface area contributed by atoms with Crippen LogP contribution in [0.2, 0.25) is 0 Å². The molecule has 14 heavy (non-hydrogen) atoms. The molecule has 1 rings (SSSR count). The van der Waals surface area contributed by atoms with Gasteiger partial charge in [-0.05, 0) is 32.2 Å².